The van der Waals surface area contributed by atoms with Crippen molar-refractivity contribution < 1.29 is 19.4 Å². The van der Waals surface area contributed by atoms with Gasteiger partial charge >= 0.3 is 5.97 Å². The van der Waals surface area contributed by atoms with Gasteiger partial charge < -0.3 is 15.2 Å². The molecule has 1 heterocycles. The first-order valence-electron chi connectivity index (χ1n) is 6.14. The Balaban J connectivity index is 2.34. The van der Waals surface area contributed by atoms with Gasteiger partial charge in [0.1, 0.15) is 5.54 Å². The Kier molecular flexibility index (Phi) is 4.93. The molecule has 2 N–H and O–H groups in total. The van der Waals surface area contributed by atoms with E-state index in [0.717, 1.165) is 19.4 Å². The molecule has 0 aromatic rings. The molecule has 5 heteroatoms. The fourth-order valence-corrected chi connectivity index (χ4v) is 1.83. The maximum Gasteiger partial charge on any atom is 0.329 e. The number of rotatable bonds is 6. The fraction of sp³-hybridized carbons (Fsp3) is 0.833. The van der Waals surface area contributed by atoms with Gasteiger partial charge in [0.15, 0.2) is 0 Å². The van der Waals surface area contributed by atoms with Crippen LogP contribution in [0.4, 0.5) is 0 Å². The van der Waals surface area contributed by atoms with Crippen molar-refractivity contribution in [2.24, 2.45) is 0 Å². The zero-order valence-corrected chi connectivity index (χ0v) is 10.5. The molecule has 0 aromatic carbocycles. The SMILES string of the molecule is CCC(C)(NC(=O)CCC1CCCO1)C(=O)O. The molecule has 2 unspecified atom stereocenters. The zero-order valence-electron chi connectivity index (χ0n) is 10.5. The van der Waals surface area contributed by atoms with Crippen molar-refractivity contribution in [1.82, 2.24) is 5.32 Å². The number of carboxylic acid groups (broad SMARTS) is 1. The van der Waals surface area contributed by atoms with Crippen molar-refractivity contribution in [3.05, 3.63) is 0 Å². The van der Waals surface area contributed by atoms with E-state index in [9.17, 15) is 9.59 Å². The lowest BCUT2D eigenvalue weighted by atomic mass is 9.98. The Morgan fingerprint density at radius 1 is 1.53 bits per heavy atom. The standard InChI is InChI=1S/C12H21NO4/c1-3-12(2,11(15)16)13-10(14)7-6-9-5-4-8-17-9/h9H,3-8H2,1-2H3,(H,13,14)(H,15,16). The molecule has 17 heavy (non-hydrogen) atoms. The molecule has 0 aliphatic carbocycles. The lowest BCUT2D eigenvalue weighted by molar-refractivity contribution is -0.147. The van der Waals surface area contributed by atoms with E-state index in [-0.39, 0.29) is 12.0 Å². The Hall–Kier alpha value is -1.10. The average molecular weight is 243 g/mol. The Morgan fingerprint density at radius 3 is 2.71 bits per heavy atom. The molecule has 98 valence electrons. The number of carboxylic acids is 1. The van der Waals surface area contributed by atoms with E-state index in [1.807, 2.05) is 0 Å². The summed E-state index contributed by atoms with van der Waals surface area (Å²) in [7, 11) is 0. The van der Waals surface area contributed by atoms with Gasteiger partial charge in [-0.05, 0) is 32.6 Å². The van der Waals surface area contributed by atoms with Crippen LogP contribution in [0.15, 0.2) is 0 Å². The second-order valence-corrected chi connectivity index (χ2v) is 4.71. The van der Waals surface area contributed by atoms with Gasteiger partial charge in [-0.25, -0.2) is 4.79 Å². The number of hydrogen-bond acceptors (Lipinski definition) is 3. The number of carbonyl (C=O) groups excluding carboxylic acids is 1. The van der Waals surface area contributed by atoms with E-state index in [4.69, 9.17) is 9.84 Å². The second kappa shape index (κ2) is 6.00. The van der Waals surface area contributed by atoms with Crippen LogP contribution in [0.2, 0.25) is 0 Å². The molecular formula is C12H21NO4. The summed E-state index contributed by atoms with van der Waals surface area (Å²) in [6, 6.07) is 0. The molecule has 1 amide bonds. The largest absolute Gasteiger partial charge is 0.480 e. The number of nitrogens with one attached hydrogen (secondary N) is 1. The van der Waals surface area contributed by atoms with Gasteiger partial charge in [0.05, 0.1) is 6.10 Å². The van der Waals surface area contributed by atoms with Crippen LogP contribution < -0.4 is 5.32 Å². The summed E-state index contributed by atoms with van der Waals surface area (Å²) < 4.78 is 5.41. The number of carbonyl (C=O) groups is 2. The summed E-state index contributed by atoms with van der Waals surface area (Å²) in [5.41, 5.74) is -1.16. The van der Waals surface area contributed by atoms with E-state index in [1.165, 1.54) is 6.92 Å². The van der Waals surface area contributed by atoms with Crippen molar-refractivity contribution in [3.8, 4) is 0 Å². The van der Waals surface area contributed by atoms with Gasteiger partial charge in [-0.1, -0.05) is 6.92 Å². The number of hydrogen-bond donors (Lipinski definition) is 2. The van der Waals surface area contributed by atoms with Crippen LogP contribution in [-0.4, -0.2) is 35.2 Å². The smallest absolute Gasteiger partial charge is 0.329 e. The third-order valence-corrected chi connectivity index (χ3v) is 3.31. The van der Waals surface area contributed by atoms with Crippen LogP contribution in [-0.2, 0) is 14.3 Å². The molecule has 0 aromatic heterocycles. The highest BCUT2D eigenvalue weighted by molar-refractivity contribution is 5.86. The average Bonchev–Trinajstić information content (AvgIpc) is 2.78. The molecule has 1 rings (SSSR count). The Morgan fingerprint density at radius 2 is 2.24 bits per heavy atom. The lowest BCUT2D eigenvalue weighted by Gasteiger charge is -2.24. The first-order valence-corrected chi connectivity index (χ1v) is 6.14. The minimum absolute atomic E-state index is 0.165. The van der Waals surface area contributed by atoms with Gasteiger partial charge in [0.2, 0.25) is 5.91 Å². The molecule has 0 bridgehead atoms. The first-order chi connectivity index (χ1) is 7.98. The topological polar surface area (TPSA) is 75.6 Å². The second-order valence-electron chi connectivity index (χ2n) is 4.71. The monoisotopic (exact) mass is 243 g/mol. The van der Waals surface area contributed by atoms with Crippen LogP contribution in [0.25, 0.3) is 0 Å². The molecule has 1 fully saturated rings. The molecule has 5 nitrogen and oxygen atoms in total. The highest BCUT2D eigenvalue weighted by atomic mass is 16.5. The highest BCUT2D eigenvalue weighted by Gasteiger charge is 2.32. The van der Waals surface area contributed by atoms with E-state index >= 15 is 0 Å². The molecule has 0 saturated carbocycles. The first kappa shape index (κ1) is 14.0. The van der Waals surface area contributed by atoms with Gasteiger partial charge in [0, 0.05) is 13.0 Å². The molecule has 1 aliphatic rings. The fourth-order valence-electron chi connectivity index (χ4n) is 1.83. The third kappa shape index (κ3) is 4.00. The van der Waals surface area contributed by atoms with Crippen LogP contribution >= 0.6 is 0 Å². The molecule has 0 radical (unpaired) electrons. The summed E-state index contributed by atoms with van der Waals surface area (Å²) in [6.45, 7) is 4.04. The van der Waals surface area contributed by atoms with E-state index in [1.54, 1.807) is 6.92 Å². The Bertz CT molecular complexity index is 286. The van der Waals surface area contributed by atoms with Crippen LogP contribution in [0.1, 0.15) is 46.0 Å². The van der Waals surface area contributed by atoms with E-state index in [0.29, 0.717) is 19.3 Å². The quantitative estimate of drug-likeness (QED) is 0.737. The molecule has 1 aliphatic heterocycles. The predicted molar refractivity (Wildman–Crippen MR) is 62.7 cm³/mol. The van der Waals surface area contributed by atoms with Gasteiger partial charge in [-0.3, -0.25) is 4.79 Å². The van der Waals surface area contributed by atoms with Gasteiger partial charge in [-0.2, -0.15) is 0 Å². The zero-order chi connectivity index (χ0) is 12.9. The Labute approximate surface area is 102 Å². The number of ether oxygens (including phenoxy) is 1. The van der Waals surface area contributed by atoms with Crippen molar-refractivity contribution in [2.75, 3.05) is 6.61 Å². The highest BCUT2D eigenvalue weighted by Crippen LogP contribution is 2.17. The summed E-state index contributed by atoms with van der Waals surface area (Å²) in [5.74, 6) is -1.21. The minimum Gasteiger partial charge on any atom is -0.480 e. The third-order valence-electron chi connectivity index (χ3n) is 3.31. The number of amides is 1. The van der Waals surface area contributed by atoms with Crippen LogP contribution in [0.5, 0.6) is 0 Å². The normalized spacial score (nSPS) is 23.1. The van der Waals surface area contributed by atoms with E-state index < -0.39 is 11.5 Å². The number of aliphatic carboxylic acids is 1. The molecular weight excluding hydrogens is 222 g/mol. The van der Waals surface area contributed by atoms with Crippen molar-refractivity contribution in [2.45, 2.75) is 57.6 Å². The minimum atomic E-state index is -1.16. The maximum atomic E-state index is 11.6. The molecule has 2 atom stereocenters. The van der Waals surface area contributed by atoms with Crippen LogP contribution in [0.3, 0.4) is 0 Å². The van der Waals surface area contributed by atoms with Gasteiger partial charge in [0.25, 0.3) is 0 Å². The predicted octanol–water partition coefficient (Wildman–Crippen LogP) is 1.32. The van der Waals surface area contributed by atoms with Crippen molar-refractivity contribution in [1.29, 1.82) is 0 Å². The maximum absolute atomic E-state index is 11.6. The van der Waals surface area contributed by atoms with Crippen molar-refractivity contribution in [3.63, 3.8) is 0 Å². The molecule has 0 spiro atoms. The summed E-state index contributed by atoms with van der Waals surface area (Å²) >= 11 is 0. The summed E-state index contributed by atoms with van der Waals surface area (Å²) in [4.78, 5) is 22.7. The summed E-state index contributed by atoms with van der Waals surface area (Å²) in [5, 5.41) is 11.6. The van der Waals surface area contributed by atoms with Crippen molar-refractivity contribution >= 4 is 11.9 Å². The molecule has 1 saturated heterocycles. The van der Waals surface area contributed by atoms with Gasteiger partial charge in [-0.15, -0.1) is 0 Å². The van der Waals surface area contributed by atoms with E-state index in [2.05, 4.69) is 5.32 Å². The lowest BCUT2D eigenvalue weighted by Crippen LogP contribution is -2.51. The summed E-state index contributed by atoms with van der Waals surface area (Å²) in [6.07, 6.45) is 3.58. The van der Waals surface area contributed by atoms with Crippen LogP contribution in [0, 0.1) is 0 Å².